The predicted molar refractivity (Wildman–Crippen MR) is 74.6 cm³/mol. The summed E-state index contributed by atoms with van der Waals surface area (Å²) < 4.78 is 1.71. The Kier molecular flexibility index (Phi) is 3.76. The van der Waals surface area contributed by atoms with Gasteiger partial charge in [-0.1, -0.05) is 0 Å². The van der Waals surface area contributed by atoms with Crippen LogP contribution in [0.2, 0.25) is 0 Å². The summed E-state index contributed by atoms with van der Waals surface area (Å²) in [5.41, 5.74) is 6.70. The van der Waals surface area contributed by atoms with Crippen LogP contribution in [0.3, 0.4) is 0 Å². The van der Waals surface area contributed by atoms with Crippen molar-refractivity contribution in [2.45, 2.75) is 45.2 Å². The highest BCUT2D eigenvalue weighted by Crippen LogP contribution is 2.27. The number of pyridine rings is 1. The molecule has 0 bridgehead atoms. The third kappa shape index (κ3) is 2.93. The fraction of sp³-hybridized carbons (Fsp3) is 0.643. The SMILES string of the molecule is CC1(C)CCCN1CCCn1cc(N)ccc1=O. The molecule has 0 atom stereocenters. The second kappa shape index (κ2) is 5.14. The molecule has 100 valence electrons. The van der Waals surface area contributed by atoms with E-state index in [2.05, 4.69) is 18.7 Å². The maximum Gasteiger partial charge on any atom is 0.250 e. The van der Waals surface area contributed by atoms with E-state index in [0.717, 1.165) is 19.5 Å². The first-order valence-corrected chi connectivity index (χ1v) is 6.70. The average Bonchev–Trinajstić information content (AvgIpc) is 2.63. The Morgan fingerprint density at radius 2 is 2.11 bits per heavy atom. The molecule has 1 aliphatic rings. The summed E-state index contributed by atoms with van der Waals surface area (Å²) >= 11 is 0. The molecule has 4 nitrogen and oxygen atoms in total. The average molecular weight is 249 g/mol. The molecule has 2 N–H and O–H groups in total. The summed E-state index contributed by atoms with van der Waals surface area (Å²) in [5.74, 6) is 0. The molecule has 4 heteroatoms. The number of nitrogens with two attached hydrogens (primary N) is 1. The standard InChI is InChI=1S/C14H23N3O/c1-14(2)7-3-9-17(14)10-4-8-16-11-12(15)5-6-13(16)18/h5-6,11H,3-4,7-10,15H2,1-2H3. The van der Waals surface area contributed by atoms with Gasteiger partial charge in [-0.25, -0.2) is 0 Å². The van der Waals surface area contributed by atoms with Gasteiger partial charge in [0.05, 0.1) is 0 Å². The van der Waals surface area contributed by atoms with E-state index in [1.54, 1.807) is 16.8 Å². The van der Waals surface area contributed by atoms with Crippen LogP contribution >= 0.6 is 0 Å². The molecule has 2 heterocycles. The summed E-state index contributed by atoms with van der Waals surface area (Å²) in [6, 6.07) is 3.19. The molecule has 1 aliphatic heterocycles. The van der Waals surface area contributed by atoms with Crippen molar-refractivity contribution in [2.24, 2.45) is 0 Å². The lowest BCUT2D eigenvalue weighted by molar-refractivity contribution is 0.170. The van der Waals surface area contributed by atoms with Crippen molar-refractivity contribution >= 4 is 5.69 Å². The second-order valence-electron chi connectivity index (χ2n) is 5.75. The van der Waals surface area contributed by atoms with Crippen LogP contribution in [0.5, 0.6) is 0 Å². The number of anilines is 1. The van der Waals surface area contributed by atoms with E-state index >= 15 is 0 Å². The van der Waals surface area contributed by atoms with Crippen LogP contribution in [-0.4, -0.2) is 28.1 Å². The van der Waals surface area contributed by atoms with Crippen molar-refractivity contribution in [3.63, 3.8) is 0 Å². The Bertz CT molecular complexity index is 464. The van der Waals surface area contributed by atoms with Gasteiger partial charge in [-0.15, -0.1) is 0 Å². The normalized spacial score (nSPS) is 19.2. The van der Waals surface area contributed by atoms with Gasteiger partial charge in [0.2, 0.25) is 0 Å². The Morgan fingerprint density at radius 1 is 1.33 bits per heavy atom. The van der Waals surface area contributed by atoms with Gasteiger partial charge in [0.15, 0.2) is 0 Å². The number of nitrogens with zero attached hydrogens (tertiary/aromatic N) is 2. The molecule has 1 aromatic heterocycles. The highest BCUT2D eigenvalue weighted by atomic mass is 16.1. The van der Waals surface area contributed by atoms with Crippen molar-refractivity contribution in [3.8, 4) is 0 Å². The van der Waals surface area contributed by atoms with E-state index in [4.69, 9.17) is 5.73 Å². The minimum atomic E-state index is 0.0323. The second-order valence-corrected chi connectivity index (χ2v) is 5.75. The molecule has 0 radical (unpaired) electrons. The van der Waals surface area contributed by atoms with Crippen molar-refractivity contribution in [1.29, 1.82) is 0 Å². The maximum atomic E-state index is 11.6. The number of hydrogen-bond donors (Lipinski definition) is 1. The predicted octanol–water partition coefficient (Wildman–Crippen LogP) is 1.70. The van der Waals surface area contributed by atoms with E-state index < -0.39 is 0 Å². The van der Waals surface area contributed by atoms with Crippen LogP contribution in [0.1, 0.15) is 33.1 Å². The molecule has 0 unspecified atom stereocenters. The smallest absolute Gasteiger partial charge is 0.250 e. The quantitative estimate of drug-likeness (QED) is 0.883. The summed E-state index contributed by atoms with van der Waals surface area (Å²) in [7, 11) is 0. The Labute approximate surface area is 108 Å². The monoisotopic (exact) mass is 249 g/mol. The maximum absolute atomic E-state index is 11.6. The first kappa shape index (κ1) is 13.1. The van der Waals surface area contributed by atoms with Gasteiger partial charge in [0.25, 0.3) is 5.56 Å². The highest BCUT2D eigenvalue weighted by molar-refractivity contribution is 5.33. The third-order valence-electron chi connectivity index (χ3n) is 3.91. The van der Waals surface area contributed by atoms with Crippen molar-refractivity contribution < 1.29 is 0 Å². The molecule has 2 rings (SSSR count). The van der Waals surface area contributed by atoms with Gasteiger partial charge in [-0.05, 0) is 45.7 Å². The number of nitrogen functional groups attached to an aromatic ring is 1. The number of hydrogen-bond acceptors (Lipinski definition) is 3. The lowest BCUT2D eigenvalue weighted by atomic mass is 10.0. The van der Waals surface area contributed by atoms with E-state index in [0.29, 0.717) is 11.2 Å². The van der Waals surface area contributed by atoms with E-state index in [1.165, 1.54) is 25.5 Å². The zero-order valence-corrected chi connectivity index (χ0v) is 11.4. The van der Waals surface area contributed by atoms with Gasteiger partial charge in [0.1, 0.15) is 0 Å². The van der Waals surface area contributed by atoms with Gasteiger partial charge in [-0.3, -0.25) is 9.69 Å². The van der Waals surface area contributed by atoms with Crippen molar-refractivity contribution in [1.82, 2.24) is 9.47 Å². The zero-order chi connectivity index (χ0) is 13.2. The van der Waals surface area contributed by atoms with Crippen LogP contribution in [0.4, 0.5) is 5.69 Å². The minimum absolute atomic E-state index is 0.0323. The highest BCUT2D eigenvalue weighted by Gasteiger charge is 2.30. The first-order valence-electron chi connectivity index (χ1n) is 6.70. The number of aryl methyl sites for hydroxylation is 1. The summed E-state index contributed by atoms with van der Waals surface area (Å²) in [4.78, 5) is 14.1. The molecular weight excluding hydrogens is 226 g/mol. The van der Waals surface area contributed by atoms with Crippen LogP contribution in [0.25, 0.3) is 0 Å². The topological polar surface area (TPSA) is 51.3 Å². The largest absolute Gasteiger partial charge is 0.398 e. The van der Waals surface area contributed by atoms with Gasteiger partial charge in [0, 0.05) is 36.6 Å². The van der Waals surface area contributed by atoms with Crippen molar-refractivity contribution in [2.75, 3.05) is 18.8 Å². The van der Waals surface area contributed by atoms with E-state index in [9.17, 15) is 4.79 Å². The summed E-state index contributed by atoms with van der Waals surface area (Å²) in [6.07, 6.45) is 5.28. The summed E-state index contributed by atoms with van der Waals surface area (Å²) in [6.45, 7) is 7.57. The number of rotatable bonds is 4. The lowest BCUT2D eigenvalue weighted by Gasteiger charge is -2.31. The van der Waals surface area contributed by atoms with Crippen molar-refractivity contribution in [3.05, 3.63) is 28.7 Å². The van der Waals surface area contributed by atoms with Gasteiger partial charge >= 0.3 is 0 Å². The molecule has 1 aromatic rings. The Hall–Kier alpha value is -1.29. The van der Waals surface area contributed by atoms with Gasteiger partial charge in [-0.2, -0.15) is 0 Å². The van der Waals surface area contributed by atoms with Crippen LogP contribution in [0.15, 0.2) is 23.1 Å². The van der Waals surface area contributed by atoms with Crippen LogP contribution < -0.4 is 11.3 Å². The molecule has 0 spiro atoms. The minimum Gasteiger partial charge on any atom is -0.398 e. The van der Waals surface area contributed by atoms with E-state index in [-0.39, 0.29) is 5.56 Å². The van der Waals surface area contributed by atoms with Crippen LogP contribution in [0, 0.1) is 0 Å². The molecule has 1 saturated heterocycles. The molecule has 0 aromatic carbocycles. The fourth-order valence-electron chi connectivity index (χ4n) is 2.73. The number of likely N-dealkylation sites (tertiary alicyclic amines) is 1. The molecule has 0 amide bonds. The molecule has 0 aliphatic carbocycles. The number of aromatic nitrogens is 1. The fourth-order valence-corrected chi connectivity index (χ4v) is 2.73. The van der Waals surface area contributed by atoms with Gasteiger partial charge < -0.3 is 10.3 Å². The summed E-state index contributed by atoms with van der Waals surface area (Å²) in [5, 5.41) is 0. The molecule has 18 heavy (non-hydrogen) atoms. The lowest BCUT2D eigenvalue weighted by Crippen LogP contribution is -2.39. The molecule has 1 fully saturated rings. The Morgan fingerprint density at radius 3 is 2.78 bits per heavy atom. The Balaban J connectivity index is 1.89. The van der Waals surface area contributed by atoms with E-state index in [1.807, 2.05) is 0 Å². The van der Waals surface area contributed by atoms with Crippen LogP contribution in [-0.2, 0) is 6.54 Å². The molecular formula is C14H23N3O. The molecule has 0 saturated carbocycles. The first-order chi connectivity index (χ1) is 8.49. The third-order valence-corrected chi connectivity index (χ3v) is 3.91. The zero-order valence-electron chi connectivity index (χ0n) is 11.4.